The number of Topliss-reactive ketones (excluding diaryl/α,β-unsaturated/α-hetero) is 1. The molecule has 0 spiro atoms. The molecular formula is C39H43N5O7. The van der Waals surface area contributed by atoms with Crippen molar-refractivity contribution in [2.45, 2.75) is 85.7 Å². The molecule has 0 saturated heterocycles. The molecule has 0 saturated carbocycles. The smallest absolute Gasteiger partial charge is 0.276 e. The lowest BCUT2D eigenvalue weighted by Gasteiger charge is -2.25. The summed E-state index contributed by atoms with van der Waals surface area (Å²) in [5.41, 5.74) is 0.0553. The monoisotopic (exact) mass is 693 g/mol. The summed E-state index contributed by atoms with van der Waals surface area (Å²) in [5, 5.41) is 17.1. The largest absolute Gasteiger partial charge is 0.506 e. The number of amides is 1. The van der Waals surface area contributed by atoms with Crippen molar-refractivity contribution in [3.05, 3.63) is 100 Å². The number of carbonyl (C=O) groups excluding carboxylic acids is 2. The van der Waals surface area contributed by atoms with Crippen LogP contribution in [0.5, 0.6) is 0 Å². The number of hydrazone groups is 1. The zero-order valence-corrected chi connectivity index (χ0v) is 29.7. The van der Waals surface area contributed by atoms with E-state index in [0.29, 0.717) is 43.8 Å². The van der Waals surface area contributed by atoms with Gasteiger partial charge in [0, 0.05) is 37.9 Å². The summed E-state index contributed by atoms with van der Waals surface area (Å²) in [4.78, 5) is 81.8. The van der Waals surface area contributed by atoms with Crippen molar-refractivity contribution in [1.29, 1.82) is 0 Å². The van der Waals surface area contributed by atoms with Crippen LogP contribution in [0.25, 0.3) is 27.1 Å². The number of aliphatic hydroxyl groups excluding tert-OH is 1. The first-order valence-corrected chi connectivity index (χ1v) is 17.9. The lowest BCUT2D eigenvalue weighted by Crippen LogP contribution is -2.34. The van der Waals surface area contributed by atoms with Gasteiger partial charge in [0.15, 0.2) is 0 Å². The summed E-state index contributed by atoms with van der Waals surface area (Å²) in [6, 6.07) is 9.56. The topological polar surface area (TPSA) is 151 Å². The van der Waals surface area contributed by atoms with Crippen molar-refractivity contribution < 1.29 is 14.7 Å². The fourth-order valence-electron chi connectivity index (χ4n) is 7.27. The highest BCUT2D eigenvalue weighted by Crippen LogP contribution is 2.40. The molecule has 51 heavy (non-hydrogen) atoms. The van der Waals surface area contributed by atoms with Crippen LogP contribution in [0.3, 0.4) is 0 Å². The highest BCUT2D eigenvalue weighted by atomic mass is 16.3. The molecule has 1 amide bonds. The standard InChI is InChI=1S/C39H43N5O7/c1-6-10-12-24(8-3)44-37(49)28-20-26-27(21-29(28)38(44)50)36(48)42(35(26)47)19-18-41(9-4)25-15-13-23(14-16-25)31-33(45)32(34(31)46)30-22(5)40-43(39(30)51)17-11-7-2/h13-16,20-21,24,45H,6-12,17-19H2,1-5H3. The van der Waals surface area contributed by atoms with E-state index in [1.165, 1.54) is 21.7 Å². The first-order valence-electron chi connectivity index (χ1n) is 17.9. The van der Waals surface area contributed by atoms with Gasteiger partial charge in [0.05, 0.1) is 44.0 Å². The molecule has 0 bridgehead atoms. The Balaban J connectivity index is 1.22. The molecule has 1 atom stereocenters. The quantitative estimate of drug-likeness (QED) is 0.186. The number of allylic oxidation sites excluding steroid dienone is 2. The van der Waals surface area contributed by atoms with E-state index in [9.17, 15) is 33.9 Å². The first-order chi connectivity index (χ1) is 24.5. The Morgan fingerprint density at radius 3 is 1.86 bits per heavy atom. The minimum absolute atomic E-state index is 0.0103. The van der Waals surface area contributed by atoms with Gasteiger partial charge in [-0.05, 0) is 62.9 Å². The molecule has 0 fully saturated rings. The Kier molecular flexibility index (Phi) is 9.79. The average molecular weight is 694 g/mol. The van der Waals surface area contributed by atoms with Crippen LogP contribution in [0.2, 0.25) is 0 Å². The molecule has 12 heteroatoms. The minimum Gasteiger partial charge on any atom is -0.506 e. The SMILES string of the molecule is CCCCC(CC)n1c(=O)c2cc3c(=O)n(CCN(CC)c4ccc(C5=C(O)C(=C6C(=O)N(CCCC)N=C6C)C5=O)cc4)c(=O)c3cc2c1=O. The summed E-state index contributed by atoms with van der Waals surface area (Å²) < 4.78 is 2.43. The molecule has 1 N–H and O–H groups in total. The van der Waals surface area contributed by atoms with Crippen LogP contribution < -0.4 is 27.1 Å². The fourth-order valence-corrected chi connectivity index (χ4v) is 7.27. The molecule has 3 heterocycles. The zero-order valence-electron chi connectivity index (χ0n) is 29.7. The number of anilines is 1. The third-order valence-corrected chi connectivity index (χ3v) is 10.2. The van der Waals surface area contributed by atoms with E-state index in [1.54, 1.807) is 31.2 Å². The number of aromatic nitrogens is 2. The predicted molar refractivity (Wildman–Crippen MR) is 199 cm³/mol. The molecule has 4 aromatic rings. The molecule has 2 aliphatic rings. The Bertz CT molecular complexity index is 2290. The van der Waals surface area contributed by atoms with E-state index in [-0.39, 0.29) is 62.5 Å². The lowest BCUT2D eigenvalue weighted by molar-refractivity contribution is -0.126. The van der Waals surface area contributed by atoms with Crippen LogP contribution in [-0.4, -0.2) is 56.3 Å². The second-order valence-electron chi connectivity index (χ2n) is 13.3. The van der Waals surface area contributed by atoms with Crippen LogP contribution in [0.1, 0.15) is 84.7 Å². The fraction of sp³-hybridized carbons (Fsp3) is 0.410. The van der Waals surface area contributed by atoms with E-state index in [2.05, 4.69) is 12.0 Å². The molecule has 6 rings (SSSR count). The van der Waals surface area contributed by atoms with Crippen LogP contribution in [-0.2, 0) is 16.1 Å². The summed E-state index contributed by atoms with van der Waals surface area (Å²) >= 11 is 0. The van der Waals surface area contributed by atoms with Crippen molar-refractivity contribution in [1.82, 2.24) is 14.1 Å². The van der Waals surface area contributed by atoms with Crippen molar-refractivity contribution in [2.24, 2.45) is 5.10 Å². The van der Waals surface area contributed by atoms with Gasteiger partial charge in [-0.2, -0.15) is 5.10 Å². The Morgan fingerprint density at radius 1 is 0.745 bits per heavy atom. The Morgan fingerprint density at radius 2 is 1.33 bits per heavy atom. The van der Waals surface area contributed by atoms with E-state index >= 15 is 0 Å². The minimum atomic E-state index is -0.508. The third-order valence-electron chi connectivity index (χ3n) is 10.2. The van der Waals surface area contributed by atoms with E-state index in [0.717, 1.165) is 35.9 Å². The maximum Gasteiger partial charge on any atom is 0.276 e. The van der Waals surface area contributed by atoms with Crippen molar-refractivity contribution >= 4 is 50.2 Å². The number of unbranched alkanes of at least 4 members (excludes halogenated alkanes) is 2. The third kappa shape index (κ3) is 5.86. The number of carbonyl (C=O) groups is 2. The highest BCUT2D eigenvalue weighted by Gasteiger charge is 2.42. The molecule has 1 aliphatic heterocycles. The maximum atomic E-state index is 13.5. The van der Waals surface area contributed by atoms with Gasteiger partial charge in [0.1, 0.15) is 5.76 Å². The van der Waals surface area contributed by atoms with Crippen LogP contribution in [0.4, 0.5) is 5.69 Å². The van der Waals surface area contributed by atoms with Gasteiger partial charge in [-0.1, -0.05) is 52.2 Å². The number of benzene rings is 2. The molecule has 2 aromatic carbocycles. The number of hydrogen-bond donors (Lipinski definition) is 1. The molecule has 266 valence electrons. The average Bonchev–Trinajstić information content (AvgIpc) is 3.64. The van der Waals surface area contributed by atoms with Gasteiger partial charge in [-0.25, -0.2) is 5.01 Å². The number of aliphatic hydroxyl groups is 1. The number of rotatable bonds is 14. The number of fused-ring (bicyclic) bond motifs is 2. The zero-order chi connectivity index (χ0) is 36.7. The maximum absolute atomic E-state index is 13.5. The lowest BCUT2D eigenvalue weighted by atomic mass is 9.80. The predicted octanol–water partition coefficient (Wildman–Crippen LogP) is 4.75. The van der Waals surface area contributed by atoms with Crippen molar-refractivity contribution in [2.75, 3.05) is 24.5 Å². The van der Waals surface area contributed by atoms with Gasteiger partial charge in [0.2, 0.25) is 5.78 Å². The van der Waals surface area contributed by atoms with Gasteiger partial charge < -0.3 is 10.0 Å². The number of nitrogens with zero attached hydrogens (tertiary/aromatic N) is 5. The summed E-state index contributed by atoms with van der Waals surface area (Å²) in [6.45, 7) is 10.9. The number of hydrogen-bond acceptors (Lipinski definition) is 9. The number of likely N-dealkylation sites (N-methyl/N-ethyl adjacent to an activating group) is 1. The van der Waals surface area contributed by atoms with Gasteiger partial charge in [0.25, 0.3) is 28.1 Å². The normalized spacial score (nSPS) is 16.9. The van der Waals surface area contributed by atoms with E-state index in [1.807, 2.05) is 25.7 Å². The van der Waals surface area contributed by atoms with Gasteiger partial charge in [-0.3, -0.25) is 37.9 Å². The van der Waals surface area contributed by atoms with Crippen LogP contribution >= 0.6 is 0 Å². The molecule has 12 nitrogen and oxygen atoms in total. The molecule has 1 aliphatic carbocycles. The van der Waals surface area contributed by atoms with Gasteiger partial charge >= 0.3 is 0 Å². The Hall–Kier alpha value is -5.39. The first kappa shape index (κ1) is 35.4. The highest BCUT2D eigenvalue weighted by molar-refractivity contribution is 6.43. The summed E-state index contributed by atoms with van der Waals surface area (Å²) in [7, 11) is 0. The molecule has 2 aromatic heterocycles. The number of ketones is 1. The molecule has 1 unspecified atom stereocenters. The summed E-state index contributed by atoms with van der Waals surface area (Å²) in [5.74, 6) is -1.04. The molecule has 0 radical (unpaired) electrons. The van der Waals surface area contributed by atoms with Crippen LogP contribution in [0, 0.1) is 0 Å². The Labute approximate surface area is 294 Å². The van der Waals surface area contributed by atoms with Crippen molar-refractivity contribution in [3.8, 4) is 0 Å². The summed E-state index contributed by atoms with van der Waals surface area (Å²) in [6.07, 6.45) is 4.81. The van der Waals surface area contributed by atoms with Gasteiger partial charge in [-0.15, -0.1) is 0 Å². The van der Waals surface area contributed by atoms with E-state index in [4.69, 9.17) is 0 Å². The van der Waals surface area contributed by atoms with Crippen molar-refractivity contribution in [3.63, 3.8) is 0 Å². The second kappa shape index (κ2) is 14.1. The van der Waals surface area contributed by atoms with E-state index < -0.39 is 28.0 Å². The van der Waals surface area contributed by atoms with Crippen LogP contribution in [0.15, 0.2) is 77.6 Å². The molecular weight excluding hydrogens is 650 g/mol. The second-order valence-corrected chi connectivity index (χ2v) is 13.3.